The number of hydrogen-bond acceptors (Lipinski definition) is 7. The smallest absolute Gasteiger partial charge is 0.318 e. The van der Waals surface area contributed by atoms with E-state index in [9.17, 15) is 9.59 Å². The van der Waals surface area contributed by atoms with Gasteiger partial charge in [-0.1, -0.05) is 11.8 Å². The van der Waals surface area contributed by atoms with Crippen molar-refractivity contribution >= 4 is 39.3 Å². The summed E-state index contributed by atoms with van der Waals surface area (Å²) in [4.78, 5) is 32.3. The van der Waals surface area contributed by atoms with Crippen molar-refractivity contribution < 1.29 is 14.3 Å². The third-order valence-corrected chi connectivity index (χ3v) is 7.52. The first-order valence-corrected chi connectivity index (χ1v) is 11.2. The molecule has 0 N–H and O–H groups in total. The number of fused-ring (bicyclic) bond motifs is 3. The zero-order valence-corrected chi connectivity index (χ0v) is 17.3. The molecule has 0 amide bonds. The molecule has 146 valence electrons. The number of nitrogens with zero attached hydrogens (tertiary/aromatic N) is 2. The Kier molecular flexibility index (Phi) is 5.57. The van der Waals surface area contributed by atoms with Crippen LogP contribution in [0.5, 0.6) is 0 Å². The molecule has 2 aromatic rings. The highest BCUT2D eigenvalue weighted by Crippen LogP contribution is 2.35. The Labute approximate surface area is 166 Å². The van der Waals surface area contributed by atoms with Crippen LogP contribution in [0.2, 0.25) is 0 Å². The lowest BCUT2D eigenvalue weighted by Gasteiger charge is -2.17. The van der Waals surface area contributed by atoms with Gasteiger partial charge in [-0.05, 0) is 51.0 Å². The first kappa shape index (κ1) is 19.0. The van der Waals surface area contributed by atoms with E-state index in [2.05, 4.69) is 0 Å². The molecule has 0 aromatic carbocycles. The summed E-state index contributed by atoms with van der Waals surface area (Å²) in [5, 5.41) is 0.937. The minimum absolute atomic E-state index is 0.00876. The molecule has 2 atom stereocenters. The number of ether oxygens (including phenoxy) is 2. The Bertz CT molecular complexity index is 915. The summed E-state index contributed by atoms with van der Waals surface area (Å²) >= 11 is 2.93. The molecule has 0 saturated carbocycles. The van der Waals surface area contributed by atoms with Crippen molar-refractivity contribution in [2.45, 2.75) is 68.5 Å². The van der Waals surface area contributed by atoms with Crippen LogP contribution in [0.4, 0.5) is 0 Å². The van der Waals surface area contributed by atoms with Crippen molar-refractivity contribution in [3.8, 4) is 0 Å². The van der Waals surface area contributed by atoms with E-state index in [0.29, 0.717) is 11.7 Å². The second kappa shape index (κ2) is 7.93. The SMILES string of the molecule is COC(=O)[C@@H](C)Sc1nc2sc3c(c2c(=O)n1C[C@H]1CCCO1)CCCC3. The minimum atomic E-state index is -0.426. The van der Waals surface area contributed by atoms with Gasteiger partial charge in [-0.15, -0.1) is 11.3 Å². The van der Waals surface area contributed by atoms with E-state index in [1.807, 2.05) is 0 Å². The molecule has 27 heavy (non-hydrogen) atoms. The molecule has 8 heteroatoms. The number of rotatable bonds is 5. The van der Waals surface area contributed by atoms with E-state index in [-0.39, 0.29) is 17.6 Å². The number of carbonyl (C=O) groups is 1. The Hall–Kier alpha value is -1.38. The van der Waals surface area contributed by atoms with Gasteiger partial charge in [0.1, 0.15) is 10.1 Å². The Morgan fingerprint density at radius 2 is 2.22 bits per heavy atom. The fraction of sp³-hybridized carbons (Fsp3) is 0.632. The summed E-state index contributed by atoms with van der Waals surface area (Å²) < 4.78 is 12.3. The lowest BCUT2D eigenvalue weighted by atomic mass is 9.97. The Balaban J connectivity index is 1.80. The fourth-order valence-electron chi connectivity index (χ4n) is 3.83. The lowest BCUT2D eigenvalue weighted by Crippen LogP contribution is -2.30. The van der Waals surface area contributed by atoms with E-state index >= 15 is 0 Å². The van der Waals surface area contributed by atoms with Gasteiger partial charge in [-0.3, -0.25) is 14.2 Å². The molecule has 1 aliphatic carbocycles. The number of hydrogen-bond donors (Lipinski definition) is 0. The van der Waals surface area contributed by atoms with Crippen LogP contribution in [-0.4, -0.2) is 40.6 Å². The van der Waals surface area contributed by atoms with Crippen LogP contribution in [-0.2, 0) is 33.7 Å². The fourth-order valence-corrected chi connectivity index (χ4v) is 6.08. The van der Waals surface area contributed by atoms with Gasteiger partial charge in [0.25, 0.3) is 5.56 Å². The van der Waals surface area contributed by atoms with Crippen LogP contribution >= 0.6 is 23.1 Å². The number of aryl methyl sites for hydroxylation is 2. The molecular formula is C19H24N2O4S2. The van der Waals surface area contributed by atoms with Crippen molar-refractivity contribution in [2.24, 2.45) is 0 Å². The second-order valence-corrected chi connectivity index (χ2v) is 9.51. The summed E-state index contributed by atoms with van der Waals surface area (Å²) in [6, 6.07) is 0. The van der Waals surface area contributed by atoms with Gasteiger partial charge in [0.05, 0.1) is 25.1 Å². The number of esters is 1. The first-order chi connectivity index (χ1) is 13.1. The maximum Gasteiger partial charge on any atom is 0.318 e. The average molecular weight is 409 g/mol. The van der Waals surface area contributed by atoms with Crippen LogP contribution in [0.25, 0.3) is 10.2 Å². The van der Waals surface area contributed by atoms with Gasteiger partial charge in [-0.25, -0.2) is 4.98 Å². The highest BCUT2D eigenvalue weighted by molar-refractivity contribution is 8.00. The number of methoxy groups -OCH3 is 1. The van der Waals surface area contributed by atoms with Crippen LogP contribution in [0, 0.1) is 0 Å². The van der Waals surface area contributed by atoms with E-state index in [1.54, 1.807) is 22.8 Å². The van der Waals surface area contributed by atoms with Crippen LogP contribution in [0.1, 0.15) is 43.0 Å². The zero-order chi connectivity index (χ0) is 19.0. The molecule has 1 saturated heterocycles. The molecule has 0 radical (unpaired) electrons. The Morgan fingerprint density at radius 1 is 1.41 bits per heavy atom. The molecule has 2 aliphatic rings. The van der Waals surface area contributed by atoms with E-state index in [4.69, 9.17) is 14.5 Å². The van der Waals surface area contributed by atoms with Crippen molar-refractivity contribution in [2.75, 3.05) is 13.7 Å². The molecule has 4 rings (SSSR count). The highest BCUT2D eigenvalue weighted by atomic mass is 32.2. The molecular weight excluding hydrogens is 384 g/mol. The van der Waals surface area contributed by atoms with Gasteiger partial charge in [0.15, 0.2) is 5.16 Å². The average Bonchev–Trinajstić information content (AvgIpc) is 3.31. The quantitative estimate of drug-likeness (QED) is 0.430. The number of carbonyl (C=O) groups excluding carboxylic acids is 1. The first-order valence-electron chi connectivity index (χ1n) is 9.49. The maximum absolute atomic E-state index is 13.4. The standard InChI is InChI=1S/C19H24N2O4S2/c1-11(18(23)24-2)26-19-20-16-15(13-7-3-4-8-14(13)27-16)17(22)21(19)10-12-6-5-9-25-12/h11-12H,3-10H2,1-2H3/t11-,12-/m1/s1. The van der Waals surface area contributed by atoms with Crippen molar-refractivity contribution in [3.05, 3.63) is 20.8 Å². The van der Waals surface area contributed by atoms with Gasteiger partial charge < -0.3 is 9.47 Å². The van der Waals surface area contributed by atoms with Crippen LogP contribution in [0.15, 0.2) is 9.95 Å². The lowest BCUT2D eigenvalue weighted by molar-refractivity contribution is -0.139. The summed E-state index contributed by atoms with van der Waals surface area (Å²) in [6.07, 6.45) is 6.28. The third-order valence-electron chi connectivity index (χ3n) is 5.27. The van der Waals surface area contributed by atoms with Gasteiger partial charge in [0, 0.05) is 11.5 Å². The largest absolute Gasteiger partial charge is 0.468 e. The van der Waals surface area contributed by atoms with Crippen molar-refractivity contribution in [1.82, 2.24) is 9.55 Å². The summed E-state index contributed by atoms with van der Waals surface area (Å²) in [5.41, 5.74) is 1.20. The maximum atomic E-state index is 13.4. The molecule has 1 aliphatic heterocycles. The predicted octanol–water partition coefficient (Wildman–Crippen LogP) is 3.17. The number of thioether (sulfide) groups is 1. The highest BCUT2D eigenvalue weighted by Gasteiger charge is 2.26. The molecule has 1 fully saturated rings. The summed E-state index contributed by atoms with van der Waals surface area (Å²) in [6.45, 7) is 3.01. The minimum Gasteiger partial charge on any atom is -0.468 e. The van der Waals surface area contributed by atoms with E-state index in [1.165, 1.54) is 35.7 Å². The van der Waals surface area contributed by atoms with Crippen LogP contribution < -0.4 is 5.56 Å². The molecule has 6 nitrogen and oxygen atoms in total. The summed E-state index contributed by atoms with van der Waals surface area (Å²) in [7, 11) is 1.38. The molecule has 3 heterocycles. The number of aromatic nitrogens is 2. The topological polar surface area (TPSA) is 70.4 Å². The molecule has 0 spiro atoms. The third kappa shape index (κ3) is 3.67. The van der Waals surface area contributed by atoms with Crippen LogP contribution in [0.3, 0.4) is 0 Å². The molecule has 0 unspecified atom stereocenters. The monoisotopic (exact) mass is 408 g/mol. The van der Waals surface area contributed by atoms with Gasteiger partial charge >= 0.3 is 5.97 Å². The van der Waals surface area contributed by atoms with E-state index < -0.39 is 5.25 Å². The Morgan fingerprint density at radius 3 is 2.96 bits per heavy atom. The summed E-state index contributed by atoms with van der Waals surface area (Å²) in [5.74, 6) is -0.316. The van der Waals surface area contributed by atoms with Crippen molar-refractivity contribution in [3.63, 3.8) is 0 Å². The molecule has 0 bridgehead atoms. The van der Waals surface area contributed by atoms with Gasteiger partial charge in [0.2, 0.25) is 0 Å². The predicted molar refractivity (Wildman–Crippen MR) is 107 cm³/mol. The van der Waals surface area contributed by atoms with E-state index in [0.717, 1.165) is 48.9 Å². The number of thiophene rings is 1. The second-order valence-electron chi connectivity index (χ2n) is 7.12. The zero-order valence-electron chi connectivity index (χ0n) is 15.7. The van der Waals surface area contributed by atoms with Gasteiger partial charge in [-0.2, -0.15) is 0 Å². The van der Waals surface area contributed by atoms with Crippen molar-refractivity contribution in [1.29, 1.82) is 0 Å². The normalized spacial score (nSPS) is 20.6. The molecule has 2 aromatic heterocycles.